The van der Waals surface area contributed by atoms with E-state index < -0.39 is 18.0 Å². The number of hydrogen-bond acceptors (Lipinski definition) is 4. The van der Waals surface area contributed by atoms with Gasteiger partial charge in [-0.25, -0.2) is 0 Å². The van der Waals surface area contributed by atoms with Gasteiger partial charge in [0.25, 0.3) is 0 Å². The van der Waals surface area contributed by atoms with Crippen molar-refractivity contribution in [3.63, 3.8) is 0 Å². The molecule has 0 radical (unpaired) electrons. The number of alkyl halides is 1. The zero-order chi connectivity index (χ0) is 11.6. The normalized spacial score (nSPS) is 11.1. The van der Waals surface area contributed by atoms with Gasteiger partial charge in [-0.2, -0.15) is 11.8 Å². The molecule has 7 heteroatoms. The van der Waals surface area contributed by atoms with Crippen molar-refractivity contribution in [2.24, 2.45) is 5.73 Å². The van der Waals surface area contributed by atoms with Crippen LogP contribution >= 0.6 is 23.4 Å². The number of halogens is 1. The highest BCUT2D eigenvalue weighted by molar-refractivity contribution is 7.98. The molecule has 0 aliphatic heterocycles. The van der Waals surface area contributed by atoms with Crippen molar-refractivity contribution in [2.75, 3.05) is 17.9 Å². The van der Waals surface area contributed by atoms with Gasteiger partial charge in [-0.15, -0.1) is 11.6 Å². The molecule has 5 nitrogen and oxygen atoms in total. The molecule has 0 spiro atoms. The standard InChI is InChI=1S/C5H11NO2S.C2H3ClO2/c1-9-3-2-4(6)5(7)8;3-1-2(4)5/h4H,2-3,6H2,1H3,(H,7,8);1H2,(H,4,5). The summed E-state index contributed by atoms with van der Waals surface area (Å²) in [7, 11) is 0. The molecule has 0 saturated carbocycles. The van der Waals surface area contributed by atoms with E-state index in [9.17, 15) is 9.59 Å². The highest BCUT2D eigenvalue weighted by Gasteiger charge is 2.08. The molecule has 0 bridgehead atoms. The van der Waals surface area contributed by atoms with E-state index in [1.807, 2.05) is 6.26 Å². The summed E-state index contributed by atoms with van der Waals surface area (Å²) < 4.78 is 0. The van der Waals surface area contributed by atoms with Gasteiger partial charge in [-0.05, 0) is 18.4 Å². The van der Waals surface area contributed by atoms with Gasteiger partial charge in [0.1, 0.15) is 11.9 Å². The molecule has 0 aliphatic rings. The summed E-state index contributed by atoms with van der Waals surface area (Å²) in [5, 5.41) is 15.9. The first-order valence-corrected chi connectivity index (χ1v) is 5.63. The first-order chi connectivity index (χ1) is 6.45. The fourth-order valence-corrected chi connectivity index (χ4v) is 0.858. The Balaban J connectivity index is 0. The molecule has 0 fully saturated rings. The summed E-state index contributed by atoms with van der Waals surface area (Å²) in [5.74, 6) is -1.39. The highest BCUT2D eigenvalue weighted by Crippen LogP contribution is 1.97. The Hall–Kier alpha value is -0.460. The summed E-state index contributed by atoms with van der Waals surface area (Å²) >= 11 is 6.34. The van der Waals surface area contributed by atoms with Crippen molar-refractivity contribution in [2.45, 2.75) is 12.5 Å². The Morgan fingerprint density at radius 1 is 1.50 bits per heavy atom. The number of aliphatic carboxylic acids is 2. The van der Waals surface area contributed by atoms with Gasteiger partial charge < -0.3 is 15.9 Å². The second-order valence-electron chi connectivity index (χ2n) is 2.25. The molecule has 4 N–H and O–H groups in total. The average molecular weight is 244 g/mol. The second kappa shape index (κ2) is 10.6. The van der Waals surface area contributed by atoms with Crippen LogP contribution in [0, 0.1) is 0 Å². The predicted octanol–water partition coefficient (Wildman–Crippen LogP) is 0.461. The van der Waals surface area contributed by atoms with Crippen molar-refractivity contribution < 1.29 is 19.8 Å². The third-order valence-corrected chi connectivity index (χ3v) is 1.94. The van der Waals surface area contributed by atoms with E-state index >= 15 is 0 Å². The lowest BCUT2D eigenvalue weighted by molar-refractivity contribution is -0.138. The van der Waals surface area contributed by atoms with E-state index in [1.54, 1.807) is 11.8 Å². The van der Waals surface area contributed by atoms with Gasteiger partial charge in [0, 0.05) is 0 Å². The molecule has 84 valence electrons. The molecule has 1 unspecified atom stereocenters. The lowest BCUT2D eigenvalue weighted by atomic mass is 10.2. The zero-order valence-corrected chi connectivity index (χ0v) is 9.35. The van der Waals surface area contributed by atoms with Crippen molar-refractivity contribution in [3.05, 3.63) is 0 Å². The smallest absolute Gasteiger partial charge is 0.320 e. The van der Waals surface area contributed by atoms with Gasteiger partial charge >= 0.3 is 11.9 Å². The number of carbonyl (C=O) groups is 2. The van der Waals surface area contributed by atoms with Crippen LogP contribution in [-0.4, -0.2) is 46.1 Å². The molecular weight excluding hydrogens is 230 g/mol. The molecule has 0 aromatic heterocycles. The molecule has 0 aromatic rings. The van der Waals surface area contributed by atoms with Gasteiger partial charge in [-0.3, -0.25) is 9.59 Å². The fraction of sp³-hybridized carbons (Fsp3) is 0.714. The Bertz CT molecular complexity index is 179. The van der Waals surface area contributed by atoms with Gasteiger partial charge in [-0.1, -0.05) is 0 Å². The Morgan fingerprint density at radius 3 is 2.14 bits per heavy atom. The Kier molecular flexibility index (Phi) is 12.1. The zero-order valence-electron chi connectivity index (χ0n) is 7.77. The summed E-state index contributed by atoms with van der Waals surface area (Å²) in [5.41, 5.74) is 5.19. The third-order valence-electron chi connectivity index (χ3n) is 1.06. The molecule has 1 atom stereocenters. The molecule has 0 amide bonds. The van der Waals surface area contributed by atoms with Crippen molar-refractivity contribution in [3.8, 4) is 0 Å². The van der Waals surface area contributed by atoms with Crippen LogP contribution in [0.1, 0.15) is 6.42 Å². The first-order valence-electron chi connectivity index (χ1n) is 3.70. The lowest BCUT2D eigenvalue weighted by Gasteiger charge is -2.02. The van der Waals surface area contributed by atoms with E-state index in [4.69, 9.17) is 27.5 Å². The summed E-state index contributed by atoms with van der Waals surface area (Å²) in [6.07, 6.45) is 2.48. The lowest BCUT2D eigenvalue weighted by Crippen LogP contribution is -2.30. The summed E-state index contributed by atoms with van der Waals surface area (Å²) in [4.78, 5) is 19.3. The number of carboxylic acid groups (broad SMARTS) is 2. The number of thioether (sulfide) groups is 1. The molecule has 0 rings (SSSR count). The van der Waals surface area contributed by atoms with E-state index in [0.29, 0.717) is 6.42 Å². The largest absolute Gasteiger partial charge is 0.480 e. The highest BCUT2D eigenvalue weighted by atomic mass is 35.5. The van der Waals surface area contributed by atoms with Crippen LogP contribution in [0.3, 0.4) is 0 Å². The van der Waals surface area contributed by atoms with Crippen LogP contribution in [0.5, 0.6) is 0 Å². The van der Waals surface area contributed by atoms with Gasteiger partial charge in [0.05, 0.1) is 0 Å². The number of carboxylic acids is 2. The van der Waals surface area contributed by atoms with Crippen molar-refractivity contribution in [1.29, 1.82) is 0 Å². The molecular formula is C7H14ClNO4S. The minimum Gasteiger partial charge on any atom is -0.480 e. The predicted molar refractivity (Wildman–Crippen MR) is 57.0 cm³/mol. The Morgan fingerprint density at radius 2 is 1.93 bits per heavy atom. The van der Waals surface area contributed by atoms with Crippen LogP contribution in [0.4, 0.5) is 0 Å². The van der Waals surface area contributed by atoms with E-state index in [1.165, 1.54) is 0 Å². The summed E-state index contributed by atoms with van der Waals surface area (Å²) in [6, 6.07) is -0.683. The molecule has 0 heterocycles. The van der Waals surface area contributed by atoms with Crippen molar-refractivity contribution in [1.82, 2.24) is 0 Å². The van der Waals surface area contributed by atoms with Crippen LogP contribution in [-0.2, 0) is 9.59 Å². The monoisotopic (exact) mass is 243 g/mol. The number of rotatable bonds is 5. The third kappa shape index (κ3) is 14.1. The maximum absolute atomic E-state index is 10.1. The van der Waals surface area contributed by atoms with Crippen LogP contribution in [0.25, 0.3) is 0 Å². The SMILES string of the molecule is CSCCC(N)C(=O)O.O=C(O)CCl. The minimum atomic E-state index is -0.980. The first kappa shape index (κ1) is 16.0. The topological polar surface area (TPSA) is 101 Å². The number of nitrogens with two attached hydrogens (primary N) is 1. The van der Waals surface area contributed by atoms with E-state index in [2.05, 4.69) is 0 Å². The number of hydrogen-bond donors (Lipinski definition) is 3. The van der Waals surface area contributed by atoms with E-state index in [-0.39, 0.29) is 5.88 Å². The van der Waals surface area contributed by atoms with Crippen LogP contribution < -0.4 is 5.73 Å². The average Bonchev–Trinajstić information content (AvgIpc) is 2.14. The molecule has 0 aromatic carbocycles. The van der Waals surface area contributed by atoms with Crippen LogP contribution in [0.15, 0.2) is 0 Å². The maximum Gasteiger partial charge on any atom is 0.320 e. The quantitative estimate of drug-likeness (QED) is 0.607. The summed E-state index contributed by atoms with van der Waals surface area (Å²) in [6.45, 7) is 0. The maximum atomic E-state index is 10.1. The van der Waals surface area contributed by atoms with Gasteiger partial charge in [0.15, 0.2) is 0 Å². The fourth-order valence-electron chi connectivity index (χ4n) is 0.368. The Labute approximate surface area is 91.6 Å². The van der Waals surface area contributed by atoms with Crippen molar-refractivity contribution >= 4 is 35.3 Å². The molecule has 0 saturated heterocycles. The second-order valence-corrected chi connectivity index (χ2v) is 3.51. The van der Waals surface area contributed by atoms with E-state index in [0.717, 1.165) is 5.75 Å². The van der Waals surface area contributed by atoms with Gasteiger partial charge in [0.2, 0.25) is 0 Å². The minimum absolute atomic E-state index is 0.306. The molecule has 0 aliphatic carbocycles. The molecule has 14 heavy (non-hydrogen) atoms. The van der Waals surface area contributed by atoms with Crippen LogP contribution in [0.2, 0.25) is 0 Å².